The summed E-state index contributed by atoms with van der Waals surface area (Å²) in [6.07, 6.45) is -1.45. The number of amides is 4. The van der Waals surface area contributed by atoms with E-state index in [1.54, 1.807) is 75.9 Å². The molecular formula is C36H42N4O7S. The molecule has 11 nitrogen and oxygen atoms in total. The van der Waals surface area contributed by atoms with Crippen LogP contribution in [0.2, 0.25) is 0 Å². The van der Waals surface area contributed by atoms with Crippen LogP contribution in [0.15, 0.2) is 88.8 Å². The molecule has 12 heteroatoms. The van der Waals surface area contributed by atoms with E-state index < -0.39 is 56.4 Å². The molecule has 2 saturated heterocycles. The number of urea groups is 1. The van der Waals surface area contributed by atoms with Crippen molar-refractivity contribution in [2.75, 3.05) is 11.4 Å². The van der Waals surface area contributed by atoms with Crippen molar-refractivity contribution in [3.63, 3.8) is 0 Å². The Balaban J connectivity index is 1.72. The van der Waals surface area contributed by atoms with Gasteiger partial charge in [0, 0.05) is 24.1 Å². The first-order valence-corrected chi connectivity index (χ1v) is 17.5. The predicted octanol–water partition coefficient (Wildman–Crippen LogP) is 6.77. The molecule has 2 aliphatic heterocycles. The highest BCUT2D eigenvalue weighted by Crippen LogP contribution is 2.47. The van der Waals surface area contributed by atoms with Crippen molar-refractivity contribution in [1.29, 1.82) is 0 Å². The quantitative estimate of drug-likeness (QED) is 0.294. The highest BCUT2D eigenvalue weighted by atomic mass is 32.2. The smallest absolute Gasteiger partial charge is 0.435 e. The van der Waals surface area contributed by atoms with E-state index in [1.165, 1.54) is 4.90 Å². The van der Waals surface area contributed by atoms with Crippen LogP contribution in [0.4, 0.5) is 20.1 Å². The van der Waals surface area contributed by atoms with Crippen molar-refractivity contribution in [1.82, 2.24) is 10.2 Å². The fourth-order valence-electron chi connectivity index (χ4n) is 6.73. The van der Waals surface area contributed by atoms with Crippen LogP contribution in [-0.4, -0.2) is 71.5 Å². The van der Waals surface area contributed by atoms with Gasteiger partial charge in [0.2, 0.25) is 0 Å². The third-order valence-corrected chi connectivity index (χ3v) is 11.2. The standard InChI is InChI=1S/C36H42N4O7S/c1-23(2)48(45,46)27-18-16-26(17-19-27)28-14-10-11-15-30(28)40-32(41)37-31(38-33(42)47-35(4,5)6)36(40)20-21-39(34(43)44)24(3)29(36)22-25-12-8-7-9-13-25/h7-19,23-24,29H,20-22H2,1-6H3,(H,43,44)(H,37,38,41,42)/t24-,29?,36?/m0/s1. The van der Waals surface area contributed by atoms with E-state index in [1.807, 2.05) is 49.4 Å². The van der Waals surface area contributed by atoms with Crippen molar-refractivity contribution < 1.29 is 32.6 Å². The normalized spacial score (nSPS) is 22.3. The summed E-state index contributed by atoms with van der Waals surface area (Å²) in [6.45, 7) is 10.3. The first kappa shape index (κ1) is 34.6. The molecule has 3 aromatic rings. The Bertz CT molecular complexity index is 1840. The van der Waals surface area contributed by atoms with E-state index in [9.17, 15) is 27.9 Å². The number of carboxylic acid groups (broad SMARTS) is 1. The second-order valence-corrected chi connectivity index (χ2v) is 16.0. The Morgan fingerprint density at radius 1 is 1.02 bits per heavy atom. The lowest BCUT2D eigenvalue weighted by Crippen LogP contribution is -2.67. The lowest BCUT2D eigenvalue weighted by Gasteiger charge is -2.52. The molecule has 5 rings (SSSR count). The fourth-order valence-corrected chi connectivity index (χ4v) is 7.79. The Morgan fingerprint density at radius 2 is 1.65 bits per heavy atom. The summed E-state index contributed by atoms with van der Waals surface area (Å²) >= 11 is 0. The molecule has 2 aliphatic rings. The molecule has 2 N–H and O–H groups in total. The monoisotopic (exact) mass is 674 g/mol. The van der Waals surface area contributed by atoms with Crippen molar-refractivity contribution in [3.05, 3.63) is 84.4 Å². The Hall–Kier alpha value is -4.71. The number of para-hydroxylation sites is 1. The van der Waals surface area contributed by atoms with E-state index in [0.29, 0.717) is 23.2 Å². The minimum atomic E-state index is -3.51. The molecule has 2 fully saturated rings. The van der Waals surface area contributed by atoms with Crippen LogP contribution in [-0.2, 0) is 21.0 Å². The van der Waals surface area contributed by atoms with Gasteiger partial charge in [0.1, 0.15) is 17.0 Å². The third kappa shape index (κ3) is 6.53. The summed E-state index contributed by atoms with van der Waals surface area (Å²) < 4.78 is 31.2. The molecule has 0 aliphatic carbocycles. The van der Waals surface area contributed by atoms with E-state index >= 15 is 0 Å². The van der Waals surface area contributed by atoms with Gasteiger partial charge in [0.15, 0.2) is 9.84 Å². The van der Waals surface area contributed by atoms with E-state index in [2.05, 4.69) is 10.3 Å². The summed E-state index contributed by atoms with van der Waals surface area (Å²) in [5, 5.41) is 12.5. The molecule has 3 atom stereocenters. The maximum atomic E-state index is 14.3. The molecule has 2 unspecified atom stereocenters. The summed E-state index contributed by atoms with van der Waals surface area (Å²) in [5.74, 6) is -0.468. The van der Waals surface area contributed by atoms with Crippen LogP contribution < -0.4 is 10.2 Å². The van der Waals surface area contributed by atoms with Gasteiger partial charge >= 0.3 is 18.2 Å². The average molecular weight is 675 g/mol. The summed E-state index contributed by atoms with van der Waals surface area (Å²) in [6, 6.07) is 22.2. The number of hydrogen-bond acceptors (Lipinski definition) is 6. The number of ether oxygens (including phenoxy) is 1. The number of carbonyl (C=O) groups is 3. The number of anilines is 1. The Kier molecular flexibility index (Phi) is 9.42. The highest BCUT2D eigenvalue weighted by molar-refractivity contribution is 7.92. The Morgan fingerprint density at radius 3 is 2.25 bits per heavy atom. The number of rotatable bonds is 6. The van der Waals surface area contributed by atoms with Gasteiger partial charge in [-0.1, -0.05) is 60.7 Å². The van der Waals surface area contributed by atoms with E-state index in [4.69, 9.17) is 4.74 Å². The summed E-state index contributed by atoms with van der Waals surface area (Å²) in [5.41, 5.74) is 0.605. The fraction of sp³-hybridized carbons (Fsp3) is 0.389. The predicted molar refractivity (Wildman–Crippen MR) is 184 cm³/mol. The number of nitrogens with zero attached hydrogens (tertiary/aromatic N) is 3. The number of aliphatic imine (C=N–C) groups is 1. The minimum Gasteiger partial charge on any atom is -0.465 e. The molecular weight excluding hydrogens is 632 g/mol. The van der Waals surface area contributed by atoms with Gasteiger partial charge in [0.25, 0.3) is 0 Å². The third-order valence-electron chi connectivity index (χ3n) is 9.06. The van der Waals surface area contributed by atoms with Gasteiger partial charge in [-0.05, 0) is 83.7 Å². The van der Waals surface area contributed by atoms with Crippen LogP contribution >= 0.6 is 0 Å². The van der Waals surface area contributed by atoms with Crippen molar-refractivity contribution in [3.8, 4) is 11.1 Å². The molecule has 254 valence electrons. The SMILES string of the molecule is CC(C)S(=O)(=O)c1ccc(-c2ccccc2N2C(=O)NC(=NC(=O)OC(C)(C)C)C23CCN(C(=O)O)[C@@H](C)C3Cc2ccccc2)cc1. The molecule has 0 saturated carbocycles. The van der Waals surface area contributed by atoms with Crippen molar-refractivity contribution >= 4 is 39.6 Å². The van der Waals surface area contributed by atoms with E-state index in [0.717, 1.165) is 5.56 Å². The maximum Gasteiger partial charge on any atom is 0.435 e. The zero-order valence-electron chi connectivity index (χ0n) is 28.0. The van der Waals surface area contributed by atoms with E-state index in [-0.39, 0.29) is 23.7 Å². The molecule has 3 aromatic carbocycles. The van der Waals surface area contributed by atoms with Gasteiger partial charge < -0.3 is 14.7 Å². The highest BCUT2D eigenvalue weighted by Gasteiger charge is 2.61. The van der Waals surface area contributed by atoms with Crippen LogP contribution in [0.3, 0.4) is 0 Å². The molecule has 4 amide bonds. The lowest BCUT2D eigenvalue weighted by molar-refractivity contribution is 0.0570. The van der Waals surface area contributed by atoms with Gasteiger partial charge in [0.05, 0.1) is 15.8 Å². The topological polar surface area (TPSA) is 146 Å². The van der Waals surface area contributed by atoms with Crippen LogP contribution in [0.1, 0.15) is 53.5 Å². The van der Waals surface area contributed by atoms with Gasteiger partial charge in [-0.3, -0.25) is 10.2 Å². The number of sulfone groups is 1. The van der Waals surface area contributed by atoms with Gasteiger partial charge in [-0.2, -0.15) is 4.99 Å². The molecule has 48 heavy (non-hydrogen) atoms. The van der Waals surface area contributed by atoms with Gasteiger partial charge in [-0.25, -0.2) is 22.8 Å². The number of nitrogens with one attached hydrogen (secondary N) is 1. The Labute approximate surface area is 281 Å². The molecule has 0 radical (unpaired) electrons. The number of likely N-dealkylation sites (tertiary alicyclic amines) is 1. The minimum absolute atomic E-state index is 0.0739. The number of hydrogen-bond donors (Lipinski definition) is 2. The molecule has 0 aromatic heterocycles. The largest absolute Gasteiger partial charge is 0.465 e. The van der Waals surface area contributed by atoms with Crippen LogP contribution in [0, 0.1) is 5.92 Å². The molecule has 0 bridgehead atoms. The number of benzene rings is 3. The van der Waals surface area contributed by atoms with Gasteiger partial charge in [-0.15, -0.1) is 0 Å². The molecule has 2 heterocycles. The number of piperidine rings is 1. The number of carbonyl (C=O) groups excluding carboxylic acids is 2. The summed E-state index contributed by atoms with van der Waals surface area (Å²) in [4.78, 5) is 47.5. The average Bonchev–Trinajstić information content (AvgIpc) is 3.28. The van der Waals surface area contributed by atoms with Crippen LogP contribution in [0.5, 0.6) is 0 Å². The summed E-state index contributed by atoms with van der Waals surface area (Å²) in [7, 11) is -3.51. The van der Waals surface area contributed by atoms with Crippen LogP contribution in [0.25, 0.3) is 11.1 Å². The zero-order chi connectivity index (χ0) is 35.0. The number of amidine groups is 1. The van der Waals surface area contributed by atoms with Crippen molar-refractivity contribution in [2.45, 2.75) is 81.7 Å². The first-order valence-electron chi connectivity index (χ1n) is 16.0. The second kappa shape index (κ2) is 13.1. The zero-order valence-corrected chi connectivity index (χ0v) is 28.8. The molecule has 1 spiro atoms. The lowest BCUT2D eigenvalue weighted by atomic mass is 9.69. The maximum absolute atomic E-state index is 14.3. The second-order valence-electron chi connectivity index (χ2n) is 13.5. The van der Waals surface area contributed by atoms with Crippen molar-refractivity contribution in [2.24, 2.45) is 10.9 Å². The first-order chi connectivity index (χ1) is 22.6.